The molecule has 2 aromatic carbocycles. The second kappa shape index (κ2) is 7.42. The highest BCUT2D eigenvalue weighted by molar-refractivity contribution is 5.93. The van der Waals surface area contributed by atoms with Gasteiger partial charge in [0.05, 0.1) is 7.11 Å². The smallest absolute Gasteiger partial charge is 0.342 e. The molecule has 0 radical (unpaired) electrons. The van der Waals surface area contributed by atoms with Gasteiger partial charge >= 0.3 is 5.97 Å². The molecule has 25 heavy (non-hydrogen) atoms. The van der Waals surface area contributed by atoms with Crippen molar-refractivity contribution in [2.24, 2.45) is 0 Å². The Kier molecular flexibility index (Phi) is 5.51. The summed E-state index contributed by atoms with van der Waals surface area (Å²) < 4.78 is 23.9. The first-order valence-electron chi connectivity index (χ1n) is 7.82. The van der Waals surface area contributed by atoms with Crippen LogP contribution < -0.4 is 10.1 Å². The molecule has 0 saturated heterocycles. The lowest BCUT2D eigenvalue weighted by molar-refractivity contribution is 0.00666. The van der Waals surface area contributed by atoms with Crippen LogP contribution in [-0.2, 0) is 11.3 Å². The van der Waals surface area contributed by atoms with Crippen LogP contribution in [0.5, 0.6) is 11.5 Å². The van der Waals surface area contributed by atoms with Gasteiger partial charge in [-0.1, -0.05) is 0 Å². The SMILES string of the molecule is COc1cc(NCc2cc(F)ccc2O)ccc1C(=O)OC(C)(C)C. The molecule has 2 rings (SSSR count). The van der Waals surface area contributed by atoms with E-state index in [9.17, 15) is 14.3 Å². The van der Waals surface area contributed by atoms with Gasteiger partial charge < -0.3 is 19.9 Å². The van der Waals surface area contributed by atoms with Crippen LogP contribution >= 0.6 is 0 Å². The van der Waals surface area contributed by atoms with E-state index in [1.807, 2.05) is 0 Å². The molecule has 0 spiro atoms. The molecule has 6 heteroatoms. The van der Waals surface area contributed by atoms with Crippen LogP contribution in [0.3, 0.4) is 0 Å². The predicted molar refractivity (Wildman–Crippen MR) is 93.6 cm³/mol. The number of anilines is 1. The van der Waals surface area contributed by atoms with E-state index in [2.05, 4.69) is 5.32 Å². The summed E-state index contributed by atoms with van der Waals surface area (Å²) in [7, 11) is 1.46. The molecule has 0 fully saturated rings. The summed E-state index contributed by atoms with van der Waals surface area (Å²) >= 11 is 0. The lowest BCUT2D eigenvalue weighted by Gasteiger charge is -2.20. The number of carbonyl (C=O) groups is 1. The molecule has 0 aliphatic rings. The van der Waals surface area contributed by atoms with Crippen molar-refractivity contribution in [2.45, 2.75) is 32.9 Å². The van der Waals surface area contributed by atoms with Gasteiger partial charge in [-0.2, -0.15) is 0 Å². The monoisotopic (exact) mass is 347 g/mol. The molecule has 0 amide bonds. The summed E-state index contributed by atoms with van der Waals surface area (Å²) in [6.07, 6.45) is 0. The molecule has 0 saturated carbocycles. The van der Waals surface area contributed by atoms with E-state index in [0.717, 1.165) is 0 Å². The third-order valence-corrected chi connectivity index (χ3v) is 3.34. The highest BCUT2D eigenvalue weighted by atomic mass is 19.1. The normalized spacial score (nSPS) is 11.1. The third-order valence-electron chi connectivity index (χ3n) is 3.34. The Hall–Kier alpha value is -2.76. The number of carbonyl (C=O) groups excluding carboxylic acids is 1. The quantitative estimate of drug-likeness (QED) is 0.797. The first-order chi connectivity index (χ1) is 11.7. The molecular formula is C19H22FNO4. The van der Waals surface area contributed by atoms with Crippen LogP contribution in [0.15, 0.2) is 36.4 Å². The predicted octanol–water partition coefficient (Wildman–Crippen LogP) is 4.11. The van der Waals surface area contributed by atoms with E-state index in [0.29, 0.717) is 22.6 Å². The number of phenols is 1. The van der Waals surface area contributed by atoms with Gasteiger partial charge in [-0.25, -0.2) is 9.18 Å². The van der Waals surface area contributed by atoms with Gasteiger partial charge in [0, 0.05) is 23.9 Å². The van der Waals surface area contributed by atoms with E-state index in [1.165, 1.54) is 25.3 Å². The number of hydrogen-bond donors (Lipinski definition) is 2. The second-order valence-electron chi connectivity index (χ2n) is 6.54. The highest BCUT2D eigenvalue weighted by Crippen LogP contribution is 2.26. The molecular weight excluding hydrogens is 325 g/mol. The standard InChI is InChI=1S/C19H22FNO4/c1-19(2,3)25-18(23)15-7-6-14(10-17(15)24-4)21-11-12-9-13(20)5-8-16(12)22/h5-10,21-22H,11H2,1-4H3. The molecule has 2 N–H and O–H groups in total. The average molecular weight is 347 g/mol. The van der Waals surface area contributed by atoms with Crippen molar-refractivity contribution in [2.75, 3.05) is 12.4 Å². The van der Waals surface area contributed by atoms with Crippen LogP contribution in [0.1, 0.15) is 36.7 Å². The van der Waals surface area contributed by atoms with Crippen LogP contribution in [0.2, 0.25) is 0 Å². The molecule has 0 bridgehead atoms. The van der Waals surface area contributed by atoms with Crippen LogP contribution in [-0.4, -0.2) is 23.8 Å². The summed E-state index contributed by atoms with van der Waals surface area (Å²) in [6.45, 7) is 5.59. The van der Waals surface area contributed by atoms with Gasteiger partial charge in [-0.05, 0) is 51.1 Å². The summed E-state index contributed by atoms with van der Waals surface area (Å²) in [5.41, 5.74) is 0.799. The van der Waals surface area contributed by atoms with Gasteiger partial charge in [0.25, 0.3) is 0 Å². The molecule has 5 nitrogen and oxygen atoms in total. The molecule has 134 valence electrons. The zero-order valence-electron chi connectivity index (χ0n) is 14.7. The Balaban J connectivity index is 2.15. The number of rotatable bonds is 5. The maximum Gasteiger partial charge on any atom is 0.342 e. The number of hydrogen-bond acceptors (Lipinski definition) is 5. The van der Waals surface area contributed by atoms with Crippen molar-refractivity contribution in [3.8, 4) is 11.5 Å². The van der Waals surface area contributed by atoms with Crippen molar-refractivity contribution < 1.29 is 23.8 Å². The maximum atomic E-state index is 13.3. The number of methoxy groups -OCH3 is 1. The van der Waals surface area contributed by atoms with Crippen molar-refractivity contribution in [1.29, 1.82) is 0 Å². The molecule has 0 atom stereocenters. The number of esters is 1. The fourth-order valence-electron chi connectivity index (χ4n) is 2.20. The number of ether oxygens (including phenoxy) is 2. The summed E-state index contributed by atoms with van der Waals surface area (Å²) in [4.78, 5) is 12.2. The first-order valence-corrected chi connectivity index (χ1v) is 7.82. The van der Waals surface area contributed by atoms with E-state index in [1.54, 1.807) is 39.0 Å². The lowest BCUT2D eigenvalue weighted by atomic mass is 10.1. The minimum Gasteiger partial charge on any atom is -0.508 e. The van der Waals surface area contributed by atoms with Crippen molar-refractivity contribution >= 4 is 11.7 Å². The van der Waals surface area contributed by atoms with Crippen molar-refractivity contribution in [3.05, 3.63) is 53.3 Å². The fraction of sp³-hybridized carbons (Fsp3) is 0.316. The van der Waals surface area contributed by atoms with Gasteiger partial charge in [-0.3, -0.25) is 0 Å². The Labute approximate surface area is 146 Å². The third kappa shape index (κ3) is 5.11. The maximum absolute atomic E-state index is 13.3. The Bertz CT molecular complexity index is 769. The van der Waals surface area contributed by atoms with E-state index >= 15 is 0 Å². The lowest BCUT2D eigenvalue weighted by Crippen LogP contribution is -2.24. The summed E-state index contributed by atoms with van der Waals surface area (Å²) in [6, 6.07) is 8.69. The largest absolute Gasteiger partial charge is 0.508 e. The molecule has 0 aliphatic carbocycles. The summed E-state index contributed by atoms with van der Waals surface area (Å²) in [5.74, 6) is -0.528. The molecule has 0 unspecified atom stereocenters. The van der Waals surface area contributed by atoms with Crippen LogP contribution in [0, 0.1) is 5.82 Å². The minimum absolute atomic E-state index is 0.00578. The summed E-state index contributed by atoms with van der Waals surface area (Å²) in [5, 5.41) is 12.8. The molecule has 0 aromatic heterocycles. The highest BCUT2D eigenvalue weighted by Gasteiger charge is 2.21. The number of phenolic OH excluding ortho intramolecular Hbond substituents is 1. The van der Waals surface area contributed by atoms with Crippen LogP contribution in [0.25, 0.3) is 0 Å². The number of aromatic hydroxyl groups is 1. The Morgan fingerprint density at radius 2 is 1.92 bits per heavy atom. The number of halogens is 1. The van der Waals surface area contributed by atoms with Gasteiger partial charge in [0.2, 0.25) is 0 Å². The van der Waals surface area contributed by atoms with Gasteiger partial charge in [-0.15, -0.1) is 0 Å². The average Bonchev–Trinajstić information content (AvgIpc) is 2.53. The number of nitrogens with one attached hydrogen (secondary N) is 1. The fourth-order valence-corrected chi connectivity index (χ4v) is 2.20. The van der Waals surface area contributed by atoms with Crippen molar-refractivity contribution in [3.63, 3.8) is 0 Å². The van der Waals surface area contributed by atoms with Gasteiger partial charge in [0.15, 0.2) is 0 Å². The molecule has 2 aromatic rings. The topological polar surface area (TPSA) is 67.8 Å². The number of benzene rings is 2. The van der Waals surface area contributed by atoms with Crippen molar-refractivity contribution in [1.82, 2.24) is 0 Å². The second-order valence-corrected chi connectivity index (χ2v) is 6.54. The Morgan fingerprint density at radius 1 is 1.20 bits per heavy atom. The van der Waals surface area contributed by atoms with Gasteiger partial charge in [0.1, 0.15) is 28.5 Å². The minimum atomic E-state index is -0.603. The van der Waals surface area contributed by atoms with Crippen LogP contribution in [0.4, 0.5) is 10.1 Å². The zero-order chi connectivity index (χ0) is 18.6. The van der Waals surface area contributed by atoms with E-state index < -0.39 is 17.4 Å². The zero-order valence-corrected chi connectivity index (χ0v) is 14.7. The van der Waals surface area contributed by atoms with E-state index in [-0.39, 0.29) is 12.3 Å². The molecule has 0 heterocycles. The molecule has 0 aliphatic heterocycles. The Morgan fingerprint density at radius 3 is 2.56 bits per heavy atom. The first kappa shape index (κ1) is 18.6. The van der Waals surface area contributed by atoms with E-state index in [4.69, 9.17) is 9.47 Å².